The zero-order valence-corrected chi connectivity index (χ0v) is 39.0. The second-order valence-electron chi connectivity index (χ2n) is 22.8. The number of nitrogens with zero attached hydrogens (tertiary/aromatic N) is 2. The highest BCUT2D eigenvalue weighted by Gasteiger charge is 2.44. The molecule has 3 heteroatoms. The minimum Gasteiger partial charge on any atom is -0.375 e. The van der Waals surface area contributed by atoms with Crippen LogP contribution >= 0.6 is 0 Å². The molecule has 8 aromatic carbocycles. The first-order valence-electron chi connectivity index (χ1n) is 22.8. The van der Waals surface area contributed by atoms with Crippen LogP contribution in [0.3, 0.4) is 0 Å². The standard InChI is InChI=1S/C59H59BN2/c1-34-43-20-16-14-18-35(43)24-37-26-51-49(33-45(34)37)60-54-52(61(51)42-28-39(57(5,6)7)27-40(29-42)58(8,9)10)25-36-19-15-17-21-44(36)53(54)48-32-41(59(11,12)13)31-47-46-30-38(56(2,3)4)22-23-50(46)62(60)55(47)48/h14-33H,1-13H3. The first-order valence-corrected chi connectivity index (χ1v) is 22.8. The van der Waals surface area contributed by atoms with Gasteiger partial charge < -0.3 is 9.38 Å². The van der Waals surface area contributed by atoms with Crippen molar-refractivity contribution in [2.75, 3.05) is 4.90 Å². The van der Waals surface area contributed by atoms with E-state index in [9.17, 15) is 0 Å². The van der Waals surface area contributed by atoms with Gasteiger partial charge in [0.15, 0.2) is 0 Å². The quantitative estimate of drug-likeness (QED) is 0.118. The molecule has 0 amide bonds. The van der Waals surface area contributed by atoms with Crippen LogP contribution in [0.5, 0.6) is 0 Å². The van der Waals surface area contributed by atoms with E-state index in [1.165, 1.54) is 121 Å². The molecule has 0 atom stereocenters. The third kappa shape index (κ3) is 5.62. The van der Waals surface area contributed by atoms with E-state index in [1.807, 2.05) is 0 Å². The van der Waals surface area contributed by atoms with Gasteiger partial charge in [-0.1, -0.05) is 150 Å². The van der Waals surface area contributed by atoms with E-state index in [0.29, 0.717) is 0 Å². The van der Waals surface area contributed by atoms with E-state index < -0.39 is 0 Å². The van der Waals surface area contributed by atoms with Crippen LogP contribution in [0, 0.1) is 6.92 Å². The summed E-state index contributed by atoms with van der Waals surface area (Å²) in [5.41, 5.74) is 18.5. The van der Waals surface area contributed by atoms with Gasteiger partial charge in [0.2, 0.25) is 0 Å². The highest BCUT2D eigenvalue weighted by Crippen LogP contribution is 2.50. The molecular formula is C59H59BN2. The van der Waals surface area contributed by atoms with E-state index in [2.05, 4.69) is 221 Å². The molecule has 0 radical (unpaired) electrons. The van der Waals surface area contributed by atoms with Gasteiger partial charge >= 0.3 is 6.85 Å². The predicted octanol–water partition coefficient (Wildman–Crippen LogP) is 15.2. The van der Waals surface area contributed by atoms with Crippen LogP contribution in [0.15, 0.2) is 121 Å². The van der Waals surface area contributed by atoms with Crippen molar-refractivity contribution in [3.05, 3.63) is 149 Å². The van der Waals surface area contributed by atoms with Gasteiger partial charge in [0.25, 0.3) is 0 Å². The van der Waals surface area contributed by atoms with Crippen LogP contribution in [0.4, 0.5) is 17.1 Å². The number of rotatable bonds is 1. The lowest BCUT2D eigenvalue weighted by Gasteiger charge is -2.42. The van der Waals surface area contributed by atoms with E-state index >= 15 is 0 Å². The Balaban J connectivity index is 1.37. The third-order valence-corrected chi connectivity index (χ3v) is 14.5. The number of fused-ring (bicyclic) bond motifs is 11. The van der Waals surface area contributed by atoms with Crippen molar-refractivity contribution in [3.8, 4) is 11.1 Å². The van der Waals surface area contributed by atoms with Crippen LogP contribution in [0.1, 0.15) is 111 Å². The summed E-state index contributed by atoms with van der Waals surface area (Å²) in [7, 11) is 0. The van der Waals surface area contributed by atoms with Gasteiger partial charge in [-0.2, -0.15) is 0 Å². The number of aryl methyl sites for hydroxylation is 1. The van der Waals surface area contributed by atoms with E-state index in [-0.39, 0.29) is 28.5 Å². The highest BCUT2D eigenvalue weighted by atomic mass is 15.2. The summed E-state index contributed by atoms with van der Waals surface area (Å²) in [5.74, 6) is 0. The summed E-state index contributed by atoms with van der Waals surface area (Å²) in [5, 5.41) is 10.5. The summed E-state index contributed by atoms with van der Waals surface area (Å²) in [4.78, 5) is 2.66. The Bertz CT molecular complexity index is 3370. The average molecular weight is 807 g/mol. The van der Waals surface area contributed by atoms with Crippen LogP contribution in [0.2, 0.25) is 0 Å². The maximum absolute atomic E-state index is 2.75. The lowest BCUT2D eigenvalue weighted by atomic mass is 9.44. The van der Waals surface area contributed by atoms with Gasteiger partial charge in [0, 0.05) is 44.4 Å². The minimum atomic E-state index is -0.0486. The topological polar surface area (TPSA) is 8.17 Å². The Morgan fingerprint density at radius 1 is 0.435 bits per heavy atom. The highest BCUT2D eigenvalue weighted by molar-refractivity contribution is 6.90. The Kier molecular flexibility index (Phi) is 7.98. The van der Waals surface area contributed by atoms with E-state index in [0.717, 1.165) is 0 Å². The summed E-state index contributed by atoms with van der Waals surface area (Å²) in [6.07, 6.45) is 0. The molecule has 0 saturated carbocycles. The molecule has 0 N–H and O–H groups in total. The van der Waals surface area contributed by atoms with Crippen molar-refractivity contribution in [1.82, 2.24) is 4.48 Å². The van der Waals surface area contributed by atoms with Gasteiger partial charge in [0.05, 0.1) is 0 Å². The van der Waals surface area contributed by atoms with Crippen molar-refractivity contribution in [2.45, 2.75) is 112 Å². The molecule has 9 aromatic rings. The average Bonchev–Trinajstić information content (AvgIpc) is 3.54. The largest absolute Gasteiger partial charge is 0.375 e. The second kappa shape index (κ2) is 12.7. The normalized spacial score (nSPS) is 14.1. The summed E-state index contributed by atoms with van der Waals surface area (Å²) < 4.78 is 2.75. The van der Waals surface area contributed by atoms with Crippen LogP contribution < -0.4 is 15.8 Å². The SMILES string of the molecule is Cc1c2ccccc2cc2cc3c(cc12)B1c2c(cc4ccccc4c2-c2cc(C(C)(C)C)cc4c5cc(C(C)(C)C)ccc5n1c24)N3c1cc(C(C)(C)C)cc(C(C)(C)C)c1. The second-order valence-corrected chi connectivity index (χ2v) is 22.8. The Morgan fingerprint density at radius 3 is 1.65 bits per heavy atom. The molecule has 0 spiro atoms. The summed E-state index contributed by atoms with van der Waals surface area (Å²) in [6, 6.07) is 48.0. The smallest absolute Gasteiger partial charge is 0.333 e. The maximum atomic E-state index is 2.75. The third-order valence-electron chi connectivity index (χ3n) is 14.5. The first kappa shape index (κ1) is 39.1. The molecule has 308 valence electrons. The van der Waals surface area contributed by atoms with E-state index in [4.69, 9.17) is 0 Å². The van der Waals surface area contributed by atoms with Crippen molar-refractivity contribution < 1.29 is 0 Å². The van der Waals surface area contributed by atoms with Crippen molar-refractivity contribution in [1.29, 1.82) is 0 Å². The van der Waals surface area contributed by atoms with Gasteiger partial charge in [-0.3, -0.25) is 0 Å². The first-order chi connectivity index (χ1) is 29.2. The molecule has 62 heavy (non-hydrogen) atoms. The number of hydrogen-bond donors (Lipinski definition) is 0. The van der Waals surface area contributed by atoms with Crippen molar-refractivity contribution in [2.24, 2.45) is 0 Å². The van der Waals surface area contributed by atoms with Crippen molar-refractivity contribution >= 4 is 89.0 Å². The van der Waals surface area contributed by atoms with E-state index in [1.54, 1.807) is 0 Å². The fourth-order valence-electron chi connectivity index (χ4n) is 10.8. The Labute approximate surface area is 368 Å². The van der Waals surface area contributed by atoms with Gasteiger partial charge in [-0.15, -0.1) is 0 Å². The van der Waals surface area contributed by atoms with Crippen LogP contribution in [-0.4, -0.2) is 11.3 Å². The predicted molar refractivity (Wildman–Crippen MR) is 272 cm³/mol. The number of benzene rings is 8. The molecular weight excluding hydrogens is 747 g/mol. The molecule has 3 heterocycles. The molecule has 1 aromatic heterocycles. The molecule has 0 unspecified atom stereocenters. The fraction of sp³-hybridized carbons (Fsp3) is 0.288. The summed E-state index contributed by atoms with van der Waals surface area (Å²) in [6.45, 7) is 30.6. The van der Waals surface area contributed by atoms with Crippen LogP contribution in [0.25, 0.3) is 65.3 Å². The number of hydrogen-bond acceptors (Lipinski definition) is 1. The Hall–Kier alpha value is -5.80. The fourth-order valence-corrected chi connectivity index (χ4v) is 10.8. The molecule has 0 aliphatic carbocycles. The minimum absolute atomic E-state index is 0.0181. The molecule has 0 bridgehead atoms. The monoisotopic (exact) mass is 806 g/mol. The zero-order chi connectivity index (χ0) is 43.6. The molecule has 11 rings (SSSR count). The van der Waals surface area contributed by atoms with Crippen LogP contribution in [-0.2, 0) is 21.7 Å². The van der Waals surface area contributed by atoms with Crippen molar-refractivity contribution in [3.63, 3.8) is 0 Å². The number of anilines is 3. The van der Waals surface area contributed by atoms with Gasteiger partial charge in [0.1, 0.15) is 0 Å². The lowest BCUT2D eigenvalue weighted by molar-refractivity contribution is 0.569. The molecule has 0 fully saturated rings. The molecule has 2 nitrogen and oxygen atoms in total. The van der Waals surface area contributed by atoms with Gasteiger partial charge in [-0.05, 0) is 160 Å². The van der Waals surface area contributed by atoms with Gasteiger partial charge in [-0.25, -0.2) is 0 Å². The molecule has 2 aliphatic heterocycles. The summed E-state index contributed by atoms with van der Waals surface area (Å²) >= 11 is 0. The number of aromatic nitrogens is 1. The zero-order valence-electron chi connectivity index (χ0n) is 39.0. The molecule has 0 saturated heterocycles. The maximum Gasteiger partial charge on any atom is 0.333 e. The Morgan fingerprint density at radius 2 is 1.00 bits per heavy atom. The molecule has 2 aliphatic rings. The lowest BCUT2D eigenvalue weighted by Crippen LogP contribution is -2.56.